The van der Waals surface area contributed by atoms with Gasteiger partial charge in [-0.2, -0.15) is 0 Å². The molecule has 5 nitrogen and oxygen atoms in total. The summed E-state index contributed by atoms with van der Waals surface area (Å²) in [6.45, 7) is 3.27. The van der Waals surface area contributed by atoms with Gasteiger partial charge < -0.3 is 14.4 Å². The van der Waals surface area contributed by atoms with Crippen LogP contribution in [0.25, 0.3) is 6.08 Å². The number of allylic oxidation sites excluding steroid dienone is 1. The van der Waals surface area contributed by atoms with E-state index < -0.39 is 0 Å². The zero-order valence-electron chi connectivity index (χ0n) is 15.3. The molecule has 0 N–H and O–H groups in total. The van der Waals surface area contributed by atoms with Gasteiger partial charge in [0.25, 0.3) is 0 Å². The van der Waals surface area contributed by atoms with Crippen molar-refractivity contribution in [2.75, 3.05) is 25.6 Å². The number of benzene rings is 2. The SMILES string of the molecule is CC(=O)COc1ccc2c(c1C)O/C(=C\c1ccc(N(C)C)cc1)C2=O. The summed E-state index contributed by atoms with van der Waals surface area (Å²) >= 11 is 0. The van der Waals surface area contributed by atoms with Crippen molar-refractivity contribution < 1.29 is 19.1 Å². The van der Waals surface area contributed by atoms with Crippen LogP contribution >= 0.6 is 0 Å². The minimum absolute atomic E-state index is 0.00546. The second kappa shape index (κ2) is 7.04. The highest BCUT2D eigenvalue weighted by atomic mass is 16.5. The zero-order valence-corrected chi connectivity index (χ0v) is 15.3. The third-order valence-corrected chi connectivity index (χ3v) is 4.17. The fourth-order valence-electron chi connectivity index (χ4n) is 2.72. The van der Waals surface area contributed by atoms with Gasteiger partial charge in [-0.3, -0.25) is 9.59 Å². The van der Waals surface area contributed by atoms with Gasteiger partial charge in [-0.25, -0.2) is 0 Å². The number of carbonyl (C=O) groups is 2. The first-order valence-electron chi connectivity index (χ1n) is 8.34. The zero-order chi connectivity index (χ0) is 18.8. The number of hydrogen-bond acceptors (Lipinski definition) is 5. The monoisotopic (exact) mass is 351 g/mol. The molecule has 0 bridgehead atoms. The van der Waals surface area contributed by atoms with E-state index >= 15 is 0 Å². The third-order valence-electron chi connectivity index (χ3n) is 4.17. The second-order valence-corrected chi connectivity index (χ2v) is 6.48. The van der Waals surface area contributed by atoms with Gasteiger partial charge in [0.2, 0.25) is 5.78 Å². The van der Waals surface area contributed by atoms with E-state index in [0.29, 0.717) is 22.6 Å². The lowest BCUT2D eigenvalue weighted by Crippen LogP contribution is -2.08. The van der Waals surface area contributed by atoms with Crippen LogP contribution in [0.15, 0.2) is 42.2 Å². The van der Waals surface area contributed by atoms with Crippen LogP contribution in [0.2, 0.25) is 0 Å². The molecular formula is C21H21NO4. The standard InChI is InChI=1S/C21H21NO4/c1-13(23)12-25-18-10-9-17-20(24)19(26-21(17)14(18)2)11-15-5-7-16(8-6-15)22(3)4/h5-11H,12H2,1-4H3/b19-11-. The molecule has 26 heavy (non-hydrogen) atoms. The van der Waals surface area contributed by atoms with Gasteiger partial charge >= 0.3 is 0 Å². The first-order valence-corrected chi connectivity index (χ1v) is 8.34. The topological polar surface area (TPSA) is 55.8 Å². The van der Waals surface area contributed by atoms with Crippen LogP contribution in [0.5, 0.6) is 11.5 Å². The number of anilines is 1. The van der Waals surface area contributed by atoms with E-state index in [4.69, 9.17) is 9.47 Å². The summed E-state index contributed by atoms with van der Waals surface area (Å²) in [7, 11) is 3.95. The molecule has 1 heterocycles. The van der Waals surface area contributed by atoms with Gasteiger partial charge in [-0.05, 0) is 49.8 Å². The molecule has 0 unspecified atom stereocenters. The Labute approximate surface area is 152 Å². The van der Waals surface area contributed by atoms with E-state index in [1.807, 2.05) is 50.2 Å². The number of carbonyl (C=O) groups excluding carboxylic acids is 2. The summed E-state index contributed by atoms with van der Waals surface area (Å²) in [6, 6.07) is 11.2. The van der Waals surface area contributed by atoms with Crippen molar-refractivity contribution >= 4 is 23.3 Å². The number of ketones is 2. The maximum absolute atomic E-state index is 12.6. The summed E-state index contributed by atoms with van der Waals surface area (Å²) in [5, 5.41) is 0. The number of fused-ring (bicyclic) bond motifs is 1. The van der Waals surface area contributed by atoms with E-state index in [1.165, 1.54) is 6.92 Å². The van der Waals surface area contributed by atoms with Gasteiger partial charge in [0.05, 0.1) is 5.56 Å². The first-order chi connectivity index (χ1) is 12.4. The van der Waals surface area contributed by atoms with Crippen LogP contribution in [0, 0.1) is 6.92 Å². The lowest BCUT2D eigenvalue weighted by Gasteiger charge is -2.12. The number of nitrogens with zero attached hydrogens (tertiary/aromatic N) is 1. The fourth-order valence-corrected chi connectivity index (χ4v) is 2.72. The molecule has 2 aromatic carbocycles. The summed E-state index contributed by atoms with van der Waals surface area (Å²) < 4.78 is 11.3. The van der Waals surface area contributed by atoms with Gasteiger partial charge in [-0.1, -0.05) is 12.1 Å². The van der Waals surface area contributed by atoms with Crippen molar-refractivity contribution in [2.45, 2.75) is 13.8 Å². The maximum Gasteiger partial charge on any atom is 0.231 e. The molecule has 0 fully saturated rings. The summed E-state index contributed by atoms with van der Waals surface area (Å²) in [4.78, 5) is 25.7. The Bertz CT molecular complexity index is 895. The van der Waals surface area contributed by atoms with Crippen molar-refractivity contribution in [3.05, 3.63) is 58.8 Å². The number of Topliss-reactive ketones (excluding diaryl/α,β-unsaturated/α-hetero) is 2. The lowest BCUT2D eigenvalue weighted by atomic mass is 10.1. The second-order valence-electron chi connectivity index (χ2n) is 6.48. The summed E-state index contributed by atoms with van der Waals surface area (Å²) in [5.41, 5.74) is 3.19. The van der Waals surface area contributed by atoms with Crippen molar-refractivity contribution in [3.8, 4) is 11.5 Å². The Morgan fingerprint density at radius 2 is 1.85 bits per heavy atom. The highest BCUT2D eigenvalue weighted by molar-refractivity contribution is 6.15. The lowest BCUT2D eigenvalue weighted by molar-refractivity contribution is -0.118. The molecule has 0 aliphatic carbocycles. The molecule has 0 atom stereocenters. The molecule has 0 radical (unpaired) electrons. The van der Waals surface area contributed by atoms with Crippen LogP contribution < -0.4 is 14.4 Å². The van der Waals surface area contributed by atoms with Crippen LogP contribution in [0.4, 0.5) is 5.69 Å². The predicted octanol–water partition coefficient (Wildman–Crippen LogP) is 3.65. The van der Waals surface area contributed by atoms with E-state index in [2.05, 4.69) is 0 Å². The Hall–Kier alpha value is -3.08. The molecule has 0 saturated heterocycles. The van der Waals surface area contributed by atoms with Gasteiger partial charge in [0.1, 0.15) is 18.1 Å². The quantitative estimate of drug-likeness (QED) is 0.770. The minimum Gasteiger partial charge on any atom is -0.485 e. The molecule has 1 aliphatic rings. The molecule has 1 aliphatic heterocycles. The van der Waals surface area contributed by atoms with E-state index in [1.54, 1.807) is 18.2 Å². The van der Waals surface area contributed by atoms with Crippen molar-refractivity contribution in [1.29, 1.82) is 0 Å². The number of hydrogen-bond donors (Lipinski definition) is 0. The predicted molar refractivity (Wildman–Crippen MR) is 101 cm³/mol. The highest BCUT2D eigenvalue weighted by Gasteiger charge is 2.30. The molecule has 134 valence electrons. The molecule has 2 aromatic rings. The molecule has 0 spiro atoms. The fraction of sp³-hybridized carbons (Fsp3) is 0.238. The van der Waals surface area contributed by atoms with Crippen LogP contribution in [-0.2, 0) is 4.79 Å². The maximum atomic E-state index is 12.6. The molecular weight excluding hydrogens is 330 g/mol. The summed E-state index contributed by atoms with van der Waals surface area (Å²) in [6.07, 6.45) is 1.73. The average molecular weight is 351 g/mol. The van der Waals surface area contributed by atoms with Gasteiger partial charge in [0.15, 0.2) is 11.5 Å². The van der Waals surface area contributed by atoms with Crippen molar-refractivity contribution in [2.24, 2.45) is 0 Å². The van der Waals surface area contributed by atoms with E-state index in [0.717, 1.165) is 11.3 Å². The Balaban J connectivity index is 1.87. The summed E-state index contributed by atoms with van der Waals surface area (Å²) in [5.74, 6) is 1.10. The normalized spacial score (nSPS) is 14.2. The molecule has 0 saturated carbocycles. The largest absolute Gasteiger partial charge is 0.485 e. The highest BCUT2D eigenvalue weighted by Crippen LogP contribution is 2.39. The van der Waals surface area contributed by atoms with Crippen molar-refractivity contribution in [1.82, 2.24) is 0 Å². The first kappa shape index (κ1) is 17.7. The number of ether oxygens (including phenoxy) is 2. The average Bonchev–Trinajstić information content (AvgIpc) is 2.92. The Kier molecular flexibility index (Phi) is 4.80. The van der Waals surface area contributed by atoms with Gasteiger partial charge in [0, 0.05) is 25.3 Å². The Morgan fingerprint density at radius 1 is 1.15 bits per heavy atom. The van der Waals surface area contributed by atoms with E-state index in [9.17, 15) is 9.59 Å². The van der Waals surface area contributed by atoms with Gasteiger partial charge in [-0.15, -0.1) is 0 Å². The molecule has 3 rings (SSSR count). The smallest absolute Gasteiger partial charge is 0.231 e. The van der Waals surface area contributed by atoms with Crippen molar-refractivity contribution in [3.63, 3.8) is 0 Å². The van der Waals surface area contributed by atoms with Crippen LogP contribution in [0.1, 0.15) is 28.4 Å². The van der Waals surface area contributed by atoms with Crippen LogP contribution in [0.3, 0.4) is 0 Å². The van der Waals surface area contributed by atoms with E-state index in [-0.39, 0.29) is 23.9 Å². The molecule has 0 amide bonds. The minimum atomic E-state index is -0.155. The third kappa shape index (κ3) is 3.47. The Morgan fingerprint density at radius 3 is 2.46 bits per heavy atom. The molecule has 5 heteroatoms. The number of rotatable bonds is 5. The van der Waals surface area contributed by atoms with Crippen LogP contribution in [-0.4, -0.2) is 32.3 Å². The molecule has 0 aromatic heterocycles.